The molecule has 19 heavy (non-hydrogen) atoms. The summed E-state index contributed by atoms with van der Waals surface area (Å²) in [6.45, 7) is 0.515. The van der Waals surface area contributed by atoms with Crippen LogP contribution in [0, 0.1) is 0 Å². The fourth-order valence-electron chi connectivity index (χ4n) is 2.11. The number of hydrogen-bond donors (Lipinski definition) is 1. The molecule has 94 valence electrons. The third kappa shape index (κ3) is 2.46. The van der Waals surface area contributed by atoms with E-state index in [9.17, 15) is 0 Å². The molecule has 0 aliphatic carbocycles. The van der Waals surface area contributed by atoms with Gasteiger partial charge in [0.2, 0.25) is 0 Å². The van der Waals surface area contributed by atoms with Crippen molar-refractivity contribution < 1.29 is 0 Å². The molecule has 0 fully saturated rings. The van der Waals surface area contributed by atoms with Gasteiger partial charge in [-0.15, -0.1) is 0 Å². The maximum absolute atomic E-state index is 5.29. The number of aliphatic imine (C=N–C) groups is 1. The van der Waals surface area contributed by atoms with Crippen LogP contribution in [0.5, 0.6) is 0 Å². The zero-order valence-corrected chi connectivity index (χ0v) is 12.5. The predicted octanol–water partition coefficient (Wildman–Crippen LogP) is 4.04. The molecule has 0 unspecified atom stereocenters. The van der Waals surface area contributed by atoms with E-state index in [-0.39, 0.29) is 0 Å². The molecular formula is C15H11BrN2S. The van der Waals surface area contributed by atoms with E-state index in [4.69, 9.17) is 12.2 Å². The molecule has 0 radical (unpaired) electrons. The summed E-state index contributed by atoms with van der Waals surface area (Å²) in [4.78, 5) is 5.38. The number of benzodiazepines with no additional fused rings is 1. The molecular weight excluding hydrogens is 320 g/mol. The number of para-hydroxylation sites is 1. The minimum atomic E-state index is 0.515. The van der Waals surface area contributed by atoms with Crippen LogP contribution < -0.4 is 5.32 Å². The van der Waals surface area contributed by atoms with E-state index in [1.165, 1.54) is 0 Å². The number of halogens is 1. The Bertz CT molecular complexity index is 665. The Balaban J connectivity index is 2.21. The van der Waals surface area contributed by atoms with Gasteiger partial charge in [-0.1, -0.05) is 54.7 Å². The van der Waals surface area contributed by atoms with Crippen LogP contribution in [0.15, 0.2) is 58.0 Å². The number of benzene rings is 2. The molecule has 1 aliphatic heterocycles. The van der Waals surface area contributed by atoms with Crippen molar-refractivity contribution in [3.05, 3.63) is 64.1 Å². The number of hydrogen-bond acceptors (Lipinski definition) is 2. The molecule has 0 atom stereocenters. The Morgan fingerprint density at radius 3 is 2.63 bits per heavy atom. The van der Waals surface area contributed by atoms with Crippen molar-refractivity contribution in [3.8, 4) is 0 Å². The lowest BCUT2D eigenvalue weighted by Gasteiger charge is -2.12. The van der Waals surface area contributed by atoms with Gasteiger partial charge in [0.1, 0.15) is 4.99 Å². The Kier molecular flexibility index (Phi) is 3.44. The van der Waals surface area contributed by atoms with Crippen LogP contribution in [0.1, 0.15) is 11.1 Å². The van der Waals surface area contributed by atoms with E-state index in [2.05, 4.69) is 44.4 Å². The fraction of sp³-hybridized carbons (Fsp3) is 0.0667. The number of anilines is 1. The molecule has 2 aromatic carbocycles. The summed E-state index contributed by atoms with van der Waals surface area (Å²) in [5.41, 5.74) is 4.14. The van der Waals surface area contributed by atoms with Gasteiger partial charge < -0.3 is 5.32 Å². The van der Waals surface area contributed by atoms with Gasteiger partial charge in [0.15, 0.2) is 0 Å². The molecule has 3 rings (SSSR count). The zero-order valence-electron chi connectivity index (χ0n) is 10.1. The lowest BCUT2D eigenvalue weighted by atomic mass is 10.0. The average molecular weight is 331 g/mol. The van der Waals surface area contributed by atoms with Crippen molar-refractivity contribution in [2.24, 2.45) is 4.99 Å². The highest BCUT2D eigenvalue weighted by molar-refractivity contribution is 9.10. The van der Waals surface area contributed by atoms with E-state index in [1.807, 2.05) is 30.3 Å². The number of rotatable bonds is 1. The van der Waals surface area contributed by atoms with Crippen LogP contribution in [0.25, 0.3) is 0 Å². The SMILES string of the molecule is S=C1CN=C(c2ccccc2)c2cccc(Br)c2N1. The highest BCUT2D eigenvalue weighted by Gasteiger charge is 2.17. The highest BCUT2D eigenvalue weighted by Crippen LogP contribution is 2.30. The lowest BCUT2D eigenvalue weighted by molar-refractivity contribution is 1.31. The normalized spacial score (nSPS) is 14.2. The van der Waals surface area contributed by atoms with E-state index in [1.54, 1.807) is 0 Å². The molecule has 0 amide bonds. The number of thiocarbonyl (C=S) groups is 1. The van der Waals surface area contributed by atoms with Crippen molar-refractivity contribution in [2.75, 3.05) is 11.9 Å². The van der Waals surface area contributed by atoms with E-state index in [0.29, 0.717) is 6.54 Å². The second kappa shape index (κ2) is 5.23. The fourth-order valence-corrected chi connectivity index (χ4v) is 2.74. The summed E-state index contributed by atoms with van der Waals surface area (Å²) >= 11 is 8.86. The molecule has 0 spiro atoms. The van der Waals surface area contributed by atoms with Crippen molar-refractivity contribution in [1.82, 2.24) is 0 Å². The molecule has 2 aromatic rings. The minimum Gasteiger partial charge on any atom is -0.347 e. The quantitative estimate of drug-likeness (QED) is 0.798. The number of nitrogens with one attached hydrogen (secondary N) is 1. The van der Waals surface area contributed by atoms with Crippen molar-refractivity contribution >= 4 is 44.5 Å². The molecule has 1 aliphatic rings. The van der Waals surface area contributed by atoms with Gasteiger partial charge in [-0.2, -0.15) is 0 Å². The second-order valence-electron chi connectivity index (χ2n) is 4.24. The third-order valence-electron chi connectivity index (χ3n) is 2.96. The molecule has 1 N–H and O–H groups in total. The van der Waals surface area contributed by atoms with Crippen molar-refractivity contribution in [3.63, 3.8) is 0 Å². The topological polar surface area (TPSA) is 24.4 Å². The highest BCUT2D eigenvalue weighted by atomic mass is 79.9. The second-order valence-corrected chi connectivity index (χ2v) is 5.59. The van der Waals surface area contributed by atoms with E-state index < -0.39 is 0 Å². The lowest BCUT2D eigenvalue weighted by Crippen LogP contribution is -2.11. The summed E-state index contributed by atoms with van der Waals surface area (Å²) in [6, 6.07) is 16.3. The molecule has 2 nitrogen and oxygen atoms in total. The standard InChI is InChI=1S/C15H11BrN2S/c16-12-8-4-7-11-14(10-5-2-1-3-6-10)17-9-13(19)18-15(11)12/h1-8H,9H2,(H,18,19). The van der Waals surface area contributed by atoms with Crippen LogP contribution in [0.4, 0.5) is 5.69 Å². The third-order valence-corrected chi connectivity index (χ3v) is 3.85. The smallest absolute Gasteiger partial charge is 0.102 e. The summed E-state index contributed by atoms with van der Waals surface area (Å²) in [5, 5.41) is 3.26. The Labute approximate surface area is 125 Å². The first-order chi connectivity index (χ1) is 9.25. The average Bonchev–Trinajstić information content (AvgIpc) is 2.60. The Hall–Kier alpha value is -1.52. The first-order valence-electron chi connectivity index (χ1n) is 5.94. The zero-order chi connectivity index (χ0) is 13.2. The Morgan fingerprint density at radius 1 is 1.05 bits per heavy atom. The maximum atomic E-state index is 5.29. The molecule has 0 bridgehead atoms. The van der Waals surface area contributed by atoms with Gasteiger partial charge in [-0.3, -0.25) is 4.99 Å². The first-order valence-corrected chi connectivity index (χ1v) is 7.14. The largest absolute Gasteiger partial charge is 0.347 e. The first kappa shape index (κ1) is 12.5. The summed E-state index contributed by atoms with van der Waals surface area (Å²) < 4.78 is 0.998. The van der Waals surface area contributed by atoms with Gasteiger partial charge in [0.05, 0.1) is 17.9 Å². The molecule has 1 heterocycles. The van der Waals surface area contributed by atoms with Crippen LogP contribution in [0.3, 0.4) is 0 Å². The van der Waals surface area contributed by atoms with Gasteiger partial charge in [0.25, 0.3) is 0 Å². The van der Waals surface area contributed by atoms with Gasteiger partial charge in [-0.25, -0.2) is 0 Å². The molecule has 0 aromatic heterocycles. The van der Waals surface area contributed by atoms with Crippen LogP contribution in [0.2, 0.25) is 0 Å². The molecule has 0 saturated carbocycles. The number of fused-ring (bicyclic) bond motifs is 1. The van der Waals surface area contributed by atoms with E-state index >= 15 is 0 Å². The monoisotopic (exact) mass is 330 g/mol. The minimum absolute atomic E-state index is 0.515. The van der Waals surface area contributed by atoms with Gasteiger partial charge in [0, 0.05) is 15.6 Å². The summed E-state index contributed by atoms with van der Waals surface area (Å²) in [7, 11) is 0. The van der Waals surface area contributed by atoms with Gasteiger partial charge in [-0.05, 0) is 22.0 Å². The number of nitrogens with zero attached hydrogens (tertiary/aromatic N) is 1. The van der Waals surface area contributed by atoms with Crippen LogP contribution >= 0.6 is 28.1 Å². The Morgan fingerprint density at radius 2 is 1.84 bits per heavy atom. The van der Waals surface area contributed by atoms with Crippen LogP contribution in [-0.2, 0) is 0 Å². The van der Waals surface area contributed by atoms with E-state index in [0.717, 1.165) is 32.0 Å². The van der Waals surface area contributed by atoms with Gasteiger partial charge >= 0.3 is 0 Å². The van der Waals surface area contributed by atoms with Crippen molar-refractivity contribution in [1.29, 1.82) is 0 Å². The molecule has 0 saturated heterocycles. The van der Waals surface area contributed by atoms with Crippen molar-refractivity contribution in [2.45, 2.75) is 0 Å². The summed E-state index contributed by atoms with van der Waals surface area (Å²) in [5.74, 6) is 0. The summed E-state index contributed by atoms with van der Waals surface area (Å²) in [6.07, 6.45) is 0. The predicted molar refractivity (Wildman–Crippen MR) is 87.3 cm³/mol. The maximum Gasteiger partial charge on any atom is 0.102 e. The molecule has 4 heteroatoms. The van der Waals surface area contributed by atoms with Crippen LogP contribution in [-0.4, -0.2) is 17.2 Å².